The fraction of sp³-hybridized carbons (Fsp3) is 0.500. The molecule has 0 spiro atoms. The van der Waals surface area contributed by atoms with E-state index in [0.717, 1.165) is 18.4 Å². The van der Waals surface area contributed by atoms with Crippen molar-refractivity contribution in [1.82, 2.24) is 0 Å². The second kappa shape index (κ2) is 4.03. The highest BCUT2D eigenvalue weighted by Gasteiger charge is 2.48. The van der Waals surface area contributed by atoms with Crippen molar-refractivity contribution in [3.05, 3.63) is 29.1 Å². The van der Waals surface area contributed by atoms with Crippen molar-refractivity contribution in [2.45, 2.75) is 25.2 Å². The predicted octanol–water partition coefficient (Wildman–Crippen LogP) is 2.06. The van der Waals surface area contributed by atoms with Crippen LogP contribution < -0.4 is 10.6 Å². The molecule has 0 bridgehead atoms. The Labute approximate surface area is 94.3 Å². The van der Waals surface area contributed by atoms with Gasteiger partial charge in [0.25, 0.3) is 0 Å². The molecular formula is C12H16FNO2. The summed E-state index contributed by atoms with van der Waals surface area (Å²) in [6, 6.07) is 3.36. The summed E-state index contributed by atoms with van der Waals surface area (Å²) >= 11 is 0. The molecule has 0 saturated heterocycles. The van der Waals surface area contributed by atoms with Gasteiger partial charge < -0.3 is 9.57 Å². The van der Waals surface area contributed by atoms with Gasteiger partial charge in [-0.1, -0.05) is 0 Å². The number of hydrogen-bond acceptors (Lipinski definition) is 3. The summed E-state index contributed by atoms with van der Waals surface area (Å²) in [5, 5.41) is 0. The fourth-order valence-electron chi connectivity index (χ4n) is 2.16. The molecule has 1 aliphatic carbocycles. The standard InChI is InChI=1S/C12H16FNO2/c1-8-5-9(13)11(10(6-8)15-2)12(3-4-12)7-16-14/h5-6H,3-4,7,14H2,1-2H3. The summed E-state index contributed by atoms with van der Waals surface area (Å²) in [6.07, 6.45) is 1.78. The molecule has 2 N–H and O–H groups in total. The molecular weight excluding hydrogens is 209 g/mol. The highest BCUT2D eigenvalue weighted by Crippen LogP contribution is 2.52. The molecule has 1 aromatic carbocycles. The summed E-state index contributed by atoms with van der Waals surface area (Å²) in [4.78, 5) is 4.69. The van der Waals surface area contributed by atoms with Crippen molar-refractivity contribution < 1.29 is 14.0 Å². The van der Waals surface area contributed by atoms with E-state index in [1.807, 2.05) is 13.0 Å². The summed E-state index contributed by atoms with van der Waals surface area (Å²) in [6.45, 7) is 2.18. The van der Waals surface area contributed by atoms with Gasteiger partial charge in [0, 0.05) is 11.0 Å². The second-order valence-electron chi connectivity index (χ2n) is 4.42. The van der Waals surface area contributed by atoms with Crippen LogP contribution in [-0.2, 0) is 10.3 Å². The minimum atomic E-state index is -0.280. The molecule has 0 unspecified atom stereocenters. The first kappa shape index (κ1) is 11.4. The number of nitrogens with two attached hydrogens (primary N) is 1. The lowest BCUT2D eigenvalue weighted by molar-refractivity contribution is 0.114. The molecule has 0 heterocycles. The third-order valence-electron chi connectivity index (χ3n) is 3.16. The maximum atomic E-state index is 14.0. The maximum Gasteiger partial charge on any atom is 0.131 e. The minimum absolute atomic E-state index is 0.230. The lowest BCUT2D eigenvalue weighted by atomic mass is 9.94. The van der Waals surface area contributed by atoms with Crippen LogP contribution >= 0.6 is 0 Å². The van der Waals surface area contributed by atoms with E-state index in [9.17, 15) is 4.39 Å². The summed E-state index contributed by atoms with van der Waals surface area (Å²) < 4.78 is 19.2. The highest BCUT2D eigenvalue weighted by molar-refractivity contribution is 5.46. The normalized spacial score (nSPS) is 17.2. The number of ether oxygens (including phenoxy) is 1. The van der Waals surface area contributed by atoms with E-state index in [2.05, 4.69) is 4.84 Å². The van der Waals surface area contributed by atoms with E-state index >= 15 is 0 Å². The smallest absolute Gasteiger partial charge is 0.131 e. The lowest BCUT2D eigenvalue weighted by Crippen LogP contribution is -2.20. The van der Waals surface area contributed by atoms with Crippen LogP contribution in [0, 0.1) is 12.7 Å². The Morgan fingerprint density at radius 1 is 1.44 bits per heavy atom. The average Bonchev–Trinajstić information content (AvgIpc) is 2.97. The Hall–Kier alpha value is -1.13. The molecule has 4 heteroatoms. The van der Waals surface area contributed by atoms with Gasteiger partial charge in [-0.05, 0) is 37.5 Å². The lowest BCUT2D eigenvalue weighted by Gasteiger charge is -2.19. The van der Waals surface area contributed by atoms with Crippen LogP contribution in [0.25, 0.3) is 0 Å². The Morgan fingerprint density at radius 3 is 2.62 bits per heavy atom. The van der Waals surface area contributed by atoms with E-state index < -0.39 is 0 Å². The van der Waals surface area contributed by atoms with Gasteiger partial charge in [0.1, 0.15) is 11.6 Å². The monoisotopic (exact) mass is 225 g/mol. The summed E-state index contributed by atoms with van der Waals surface area (Å²) in [7, 11) is 1.55. The fourth-order valence-corrected chi connectivity index (χ4v) is 2.16. The number of methoxy groups -OCH3 is 1. The van der Waals surface area contributed by atoms with E-state index in [-0.39, 0.29) is 11.2 Å². The number of halogens is 1. The van der Waals surface area contributed by atoms with Gasteiger partial charge in [0.15, 0.2) is 0 Å². The van der Waals surface area contributed by atoms with Gasteiger partial charge in [-0.2, -0.15) is 0 Å². The number of benzene rings is 1. The molecule has 1 aliphatic rings. The molecule has 0 amide bonds. The molecule has 88 valence electrons. The van der Waals surface area contributed by atoms with E-state index in [4.69, 9.17) is 10.6 Å². The zero-order valence-electron chi connectivity index (χ0n) is 9.55. The summed E-state index contributed by atoms with van der Waals surface area (Å²) in [5.41, 5.74) is 1.17. The van der Waals surface area contributed by atoms with Crippen LogP contribution in [0.1, 0.15) is 24.0 Å². The zero-order chi connectivity index (χ0) is 11.8. The highest BCUT2D eigenvalue weighted by atomic mass is 19.1. The van der Waals surface area contributed by atoms with Gasteiger partial charge in [-0.3, -0.25) is 0 Å². The first-order valence-electron chi connectivity index (χ1n) is 5.29. The van der Waals surface area contributed by atoms with Crippen LogP contribution in [0.15, 0.2) is 12.1 Å². The molecule has 1 aromatic rings. The van der Waals surface area contributed by atoms with E-state index in [0.29, 0.717) is 17.9 Å². The van der Waals surface area contributed by atoms with E-state index in [1.165, 1.54) is 6.07 Å². The first-order chi connectivity index (χ1) is 7.63. The molecule has 1 fully saturated rings. The van der Waals surface area contributed by atoms with Crippen molar-refractivity contribution in [3.8, 4) is 5.75 Å². The summed E-state index contributed by atoms with van der Waals surface area (Å²) in [5.74, 6) is 5.46. The Morgan fingerprint density at radius 2 is 2.12 bits per heavy atom. The van der Waals surface area contributed by atoms with Gasteiger partial charge in [0.2, 0.25) is 0 Å². The molecule has 0 aromatic heterocycles. The third kappa shape index (κ3) is 1.79. The molecule has 0 radical (unpaired) electrons. The van der Waals surface area contributed by atoms with Gasteiger partial charge in [-0.15, -0.1) is 0 Å². The molecule has 0 aliphatic heterocycles. The molecule has 3 nitrogen and oxygen atoms in total. The number of hydrogen-bond donors (Lipinski definition) is 1. The van der Waals surface area contributed by atoms with Gasteiger partial charge >= 0.3 is 0 Å². The van der Waals surface area contributed by atoms with Crippen molar-refractivity contribution in [2.24, 2.45) is 5.90 Å². The number of rotatable bonds is 4. The first-order valence-corrected chi connectivity index (χ1v) is 5.29. The Kier molecular flexibility index (Phi) is 2.86. The predicted molar refractivity (Wildman–Crippen MR) is 58.7 cm³/mol. The van der Waals surface area contributed by atoms with Gasteiger partial charge in [0.05, 0.1) is 13.7 Å². The van der Waals surface area contributed by atoms with Crippen LogP contribution in [0.4, 0.5) is 4.39 Å². The van der Waals surface area contributed by atoms with Crippen LogP contribution in [-0.4, -0.2) is 13.7 Å². The third-order valence-corrected chi connectivity index (χ3v) is 3.16. The van der Waals surface area contributed by atoms with Crippen LogP contribution in [0.3, 0.4) is 0 Å². The molecule has 2 rings (SSSR count). The van der Waals surface area contributed by atoms with Crippen molar-refractivity contribution in [2.75, 3.05) is 13.7 Å². The Bertz CT molecular complexity index is 402. The molecule has 0 atom stereocenters. The molecule has 1 saturated carbocycles. The van der Waals surface area contributed by atoms with Crippen molar-refractivity contribution in [3.63, 3.8) is 0 Å². The van der Waals surface area contributed by atoms with E-state index in [1.54, 1.807) is 7.11 Å². The molecule has 16 heavy (non-hydrogen) atoms. The van der Waals surface area contributed by atoms with Crippen LogP contribution in [0.5, 0.6) is 5.75 Å². The van der Waals surface area contributed by atoms with Crippen LogP contribution in [0.2, 0.25) is 0 Å². The topological polar surface area (TPSA) is 44.5 Å². The minimum Gasteiger partial charge on any atom is -0.496 e. The second-order valence-corrected chi connectivity index (χ2v) is 4.42. The quantitative estimate of drug-likeness (QED) is 0.798. The van der Waals surface area contributed by atoms with Gasteiger partial charge in [-0.25, -0.2) is 10.3 Å². The largest absolute Gasteiger partial charge is 0.496 e. The van der Waals surface area contributed by atoms with Crippen molar-refractivity contribution in [1.29, 1.82) is 0 Å². The number of aryl methyl sites for hydroxylation is 1. The maximum absolute atomic E-state index is 14.0. The average molecular weight is 225 g/mol. The Balaban J connectivity index is 2.47. The van der Waals surface area contributed by atoms with Crippen molar-refractivity contribution >= 4 is 0 Å². The zero-order valence-corrected chi connectivity index (χ0v) is 9.55. The SMILES string of the molecule is COc1cc(C)cc(F)c1C1(CON)CC1.